The molecule has 2 heterocycles. The lowest BCUT2D eigenvalue weighted by Gasteiger charge is -2.32. The lowest BCUT2D eigenvalue weighted by molar-refractivity contribution is -0.121. The number of hydrogen-bond acceptors (Lipinski definition) is 4. The van der Waals surface area contributed by atoms with E-state index in [9.17, 15) is 4.79 Å². The van der Waals surface area contributed by atoms with Crippen molar-refractivity contribution in [2.45, 2.75) is 26.7 Å². The van der Waals surface area contributed by atoms with Gasteiger partial charge in [0.2, 0.25) is 0 Å². The number of carbonyl (C=O) groups is 1. The van der Waals surface area contributed by atoms with Crippen LogP contribution in [0.5, 0.6) is 0 Å². The van der Waals surface area contributed by atoms with Gasteiger partial charge in [0, 0.05) is 29.8 Å². The van der Waals surface area contributed by atoms with Crippen LogP contribution in [0.2, 0.25) is 0 Å². The van der Waals surface area contributed by atoms with E-state index in [-0.39, 0.29) is 5.92 Å². The number of anilines is 1. The van der Waals surface area contributed by atoms with E-state index in [0.717, 1.165) is 48.2 Å². The second-order valence-corrected chi connectivity index (χ2v) is 5.53. The summed E-state index contributed by atoms with van der Waals surface area (Å²) in [6.45, 7) is 5.44. The fraction of sp³-hybridized carbons (Fsp3) is 0.438. The third-order valence-electron chi connectivity index (χ3n) is 4.22. The smallest absolute Gasteiger partial charge is 0.159 e. The highest BCUT2D eigenvalue weighted by Gasteiger charge is 2.24. The van der Waals surface area contributed by atoms with Crippen molar-refractivity contribution < 1.29 is 4.79 Å². The van der Waals surface area contributed by atoms with Crippen LogP contribution in [0, 0.1) is 12.8 Å². The van der Waals surface area contributed by atoms with E-state index >= 15 is 0 Å². The molecule has 20 heavy (non-hydrogen) atoms. The maximum absolute atomic E-state index is 11.5. The van der Waals surface area contributed by atoms with Crippen molar-refractivity contribution in [1.29, 1.82) is 0 Å². The molecule has 4 nitrogen and oxygen atoms in total. The van der Waals surface area contributed by atoms with Gasteiger partial charge in [-0.25, -0.2) is 0 Å². The SMILES string of the molecule is CC(=O)C1CCN(c2nnc(C)c3ccccc23)CC1. The zero-order chi connectivity index (χ0) is 14.1. The van der Waals surface area contributed by atoms with Crippen molar-refractivity contribution in [1.82, 2.24) is 10.2 Å². The number of hydrogen-bond donors (Lipinski definition) is 0. The van der Waals surface area contributed by atoms with Crippen LogP contribution in [0.15, 0.2) is 24.3 Å². The standard InChI is InChI=1S/C16H19N3O/c1-11-14-5-3-4-6-15(14)16(18-17-11)19-9-7-13(8-10-19)12(2)20/h3-6,13H,7-10H2,1-2H3. The van der Waals surface area contributed by atoms with Crippen molar-refractivity contribution in [3.63, 3.8) is 0 Å². The number of nitrogens with zero attached hydrogens (tertiary/aromatic N) is 3. The molecular formula is C16H19N3O. The number of piperidine rings is 1. The van der Waals surface area contributed by atoms with Crippen LogP contribution < -0.4 is 4.90 Å². The molecule has 1 aliphatic heterocycles. The Morgan fingerprint density at radius 1 is 1.15 bits per heavy atom. The molecule has 0 amide bonds. The summed E-state index contributed by atoms with van der Waals surface area (Å²) in [4.78, 5) is 13.7. The second kappa shape index (κ2) is 5.19. The molecule has 1 aromatic heterocycles. The topological polar surface area (TPSA) is 46.1 Å². The van der Waals surface area contributed by atoms with Crippen molar-refractivity contribution >= 4 is 22.4 Å². The average Bonchev–Trinajstić information content (AvgIpc) is 2.48. The van der Waals surface area contributed by atoms with Gasteiger partial charge < -0.3 is 4.90 Å². The molecule has 0 radical (unpaired) electrons. The Hall–Kier alpha value is -1.97. The van der Waals surface area contributed by atoms with Gasteiger partial charge in [0.1, 0.15) is 5.78 Å². The lowest BCUT2D eigenvalue weighted by atomic mass is 9.93. The molecule has 0 N–H and O–H groups in total. The summed E-state index contributed by atoms with van der Waals surface area (Å²) in [5.41, 5.74) is 0.961. The fourth-order valence-corrected chi connectivity index (χ4v) is 2.96. The molecule has 1 saturated heterocycles. The predicted octanol–water partition coefficient (Wildman–Crippen LogP) is 2.74. The maximum Gasteiger partial charge on any atom is 0.159 e. The van der Waals surface area contributed by atoms with E-state index in [1.54, 1.807) is 6.92 Å². The summed E-state index contributed by atoms with van der Waals surface area (Å²) in [5.74, 6) is 1.48. The molecule has 1 fully saturated rings. The Balaban J connectivity index is 1.92. The molecule has 0 bridgehead atoms. The Morgan fingerprint density at radius 3 is 2.45 bits per heavy atom. The summed E-state index contributed by atoms with van der Waals surface area (Å²) in [6, 6.07) is 8.26. The first-order chi connectivity index (χ1) is 9.66. The number of carbonyl (C=O) groups excluding carboxylic acids is 1. The van der Waals surface area contributed by atoms with Gasteiger partial charge in [0.05, 0.1) is 5.69 Å². The van der Waals surface area contributed by atoms with Crippen molar-refractivity contribution in [3.05, 3.63) is 30.0 Å². The summed E-state index contributed by atoms with van der Waals surface area (Å²) < 4.78 is 0. The van der Waals surface area contributed by atoms with E-state index in [1.165, 1.54) is 0 Å². The number of aromatic nitrogens is 2. The van der Waals surface area contributed by atoms with Gasteiger partial charge in [-0.3, -0.25) is 4.79 Å². The van der Waals surface area contributed by atoms with Crippen molar-refractivity contribution in [3.8, 4) is 0 Å². The highest BCUT2D eigenvalue weighted by molar-refractivity contribution is 5.93. The van der Waals surface area contributed by atoms with E-state index in [1.807, 2.05) is 19.1 Å². The van der Waals surface area contributed by atoms with Gasteiger partial charge in [-0.2, -0.15) is 5.10 Å². The molecule has 1 aliphatic rings. The normalized spacial score (nSPS) is 16.6. The summed E-state index contributed by atoms with van der Waals surface area (Å²) in [7, 11) is 0. The first kappa shape index (κ1) is 13.0. The Kier molecular flexibility index (Phi) is 3.38. The zero-order valence-electron chi connectivity index (χ0n) is 12.0. The minimum atomic E-state index is 0.218. The van der Waals surface area contributed by atoms with Crippen molar-refractivity contribution in [2.75, 3.05) is 18.0 Å². The summed E-state index contributed by atoms with van der Waals surface area (Å²) in [5, 5.41) is 11.0. The van der Waals surface area contributed by atoms with Gasteiger partial charge in [-0.15, -0.1) is 5.10 Å². The molecule has 0 saturated carbocycles. The minimum absolute atomic E-state index is 0.218. The van der Waals surface area contributed by atoms with Crippen LogP contribution in [0.3, 0.4) is 0 Å². The van der Waals surface area contributed by atoms with Crippen LogP contribution in [0.1, 0.15) is 25.5 Å². The first-order valence-corrected chi connectivity index (χ1v) is 7.14. The van der Waals surface area contributed by atoms with Crippen molar-refractivity contribution in [2.24, 2.45) is 5.92 Å². The molecule has 0 atom stereocenters. The monoisotopic (exact) mass is 269 g/mol. The number of benzene rings is 1. The molecule has 4 heteroatoms. The molecule has 2 aromatic rings. The lowest BCUT2D eigenvalue weighted by Crippen LogP contribution is -2.36. The summed E-state index contributed by atoms with van der Waals surface area (Å²) >= 11 is 0. The number of ketones is 1. The molecular weight excluding hydrogens is 250 g/mol. The van der Waals surface area contributed by atoms with Crippen LogP contribution in [-0.4, -0.2) is 29.1 Å². The largest absolute Gasteiger partial charge is 0.355 e. The fourth-order valence-electron chi connectivity index (χ4n) is 2.96. The first-order valence-electron chi connectivity index (χ1n) is 7.14. The molecule has 1 aromatic carbocycles. The average molecular weight is 269 g/mol. The Labute approximate surface area is 118 Å². The quantitative estimate of drug-likeness (QED) is 0.841. The summed E-state index contributed by atoms with van der Waals surface area (Å²) in [6.07, 6.45) is 1.83. The van der Waals surface area contributed by atoms with Gasteiger partial charge in [-0.05, 0) is 26.7 Å². The van der Waals surface area contributed by atoms with Gasteiger partial charge in [0.25, 0.3) is 0 Å². The molecule has 104 valence electrons. The van der Waals surface area contributed by atoms with Gasteiger partial charge in [0.15, 0.2) is 5.82 Å². The van der Waals surface area contributed by atoms with E-state index in [4.69, 9.17) is 0 Å². The second-order valence-electron chi connectivity index (χ2n) is 5.53. The number of Topliss-reactive ketones (excluding diaryl/α,β-unsaturated/α-hetero) is 1. The zero-order valence-corrected chi connectivity index (χ0v) is 12.0. The Morgan fingerprint density at radius 2 is 1.80 bits per heavy atom. The van der Waals surface area contributed by atoms with E-state index < -0.39 is 0 Å². The van der Waals surface area contributed by atoms with E-state index in [0.29, 0.717) is 5.78 Å². The third kappa shape index (κ3) is 2.26. The molecule has 0 aliphatic carbocycles. The van der Waals surface area contributed by atoms with E-state index in [2.05, 4.69) is 27.2 Å². The minimum Gasteiger partial charge on any atom is -0.355 e. The maximum atomic E-state index is 11.5. The highest BCUT2D eigenvalue weighted by Crippen LogP contribution is 2.29. The van der Waals surface area contributed by atoms with Gasteiger partial charge in [-0.1, -0.05) is 24.3 Å². The third-order valence-corrected chi connectivity index (χ3v) is 4.22. The van der Waals surface area contributed by atoms with Gasteiger partial charge >= 0.3 is 0 Å². The van der Waals surface area contributed by atoms with Crippen LogP contribution >= 0.6 is 0 Å². The van der Waals surface area contributed by atoms with Crippen LogP contribution in [-0.2, 0) is 4.79 Å². The molecule has 0 unspecified atom stereocenters. The van der Waals surface area contributed by atoms with Crippen LogP contribution in [0.4, 0.5) is 5.82 Å². The number of rotatable bonds is 2. The predicted molar refractivity (Wildman–Crippen MR) is 79.9 cm³/mol. The molecule has 0 spiro atoms. The highest BCUT2D eigenvalue weighted by atomic mass is 16.1. The Bertz CT molecular complexity index is 645. The number of fused-ring (bicyclic) bond motifs is 1. The van der Waals surface area contributed by atoms with Crippen LogP contribution in [0.25, 0.3) is 10.8 Å². The molecule has 3 rings (SSSR count). The number of aryl methyl sites for hydroxylation is 1.